The first-order chi connectivity index (χ1) is 9.08. The monoisotopic (exact) mass is 285 g/mol. The quantitative estimate of drug-likeness (QED) is 0.929. The number of carbonyl (C=O) groups excluding carboxylic acids is 1. The predicted octanol–water partition coefficient (Wildman–Crippen LogP) is 2.69. The third-order valence-electron chi connectivity index (χ3n) is 3.20. The summed E-state index contributed by atoms with van der Waals surface area (Å²) in [6.07, 6.45) is 4.59. The first kappa shape index (κ1) is 14.1. The van der Waals surface area contributed by atoms with E-state index in [1.807, 2.05) is 4.90 Å². The summed E-state index contributed by atoms with van der Waals surface area (Å²) in [5.41, 5.74) is 0. The average molecular weight is 286 g/mol. The second-order valence-corrected chi connectivity index (χ2v) is 5.17. The van der Waals surface area contributed by atoms with E-state index < -0.39 is 11.9 Å². The van der Waals surface area contributed by atoms with Crippen molar-refractivity contribution in [2.24, 2.45) is 0 Å². The van der Waals surface area contributed by atoms with E-state index in [-0.39, 0.29) is 16.7 Å². The molecule has 1 N–H and O–H groups in total. The summed E-state index contributed by atoms with van der Waals surface area (Å²) in [7, 11) is 0. The molecule has 1 fully saturated rings. The molecule has 19 heavy (non-hydrogen) atoms. The van der Waals surface area contributed by atoms with Crippen LogP contribution in [0.3, 0.4) is 0 Å². The van der Waals surface area contributed by atoms with Crippen molar-refractivity contribution in [3.8, 4) is 0 Å². The second-order valence-electron chi connectivity index (χ2n) is 4.74. The Bertz CT molecular complexity index is 463. The van der Waals surface area contributed by atoms with Crippen LogP contribution in [0.2, 0.25) is 5.02 Å². The van der Waals surface area contributed by atoms with E-state index in [4.69, 9.17) is 11.6 Å². The van der Waals surface area contributed by atoms with Gasteiger partial charge < -0.3 is 10.2 Å². The minimum absolute atomic E-state index is 0.0177. The van der Waals surface area contributed by atoms with Crippen LogP contribution in [0, 0.1) is 5.82 Å². The molecule has 2 heterocycles. The van der Waals surface area contributed by atoms with E-state index in [0.717, 1.165) is 25.9 Å². The van der Waals surface area contributed by atoms with Gasteiger partial charge >= 0.3 is 0 Å². The Labute approximate surface area is 117 Å². The Balaban J connectivity index is 1.99. The van der Waals surface area contributed by atoms with Gasteiger partial charge in [-0.25, -0.2) is 9.37 Å². The number of piperidine rings is 1. The lowest BCUT2D eigenvalue weighted by molar-refractivity contribution is -0.132. The normalized spacial score (nSPS) is 17.1. The van der Waals surface area contributed by atoms with E-state index in [2.05, 4.69) is 10.3 Å². The number of hydrogen-bond donors (Lipinski definition) is 1. The maximum atomic E-state index is 13.6. The highest BCUT2D eigenvalue weighted by Crippen LogP contribution is 2.17. The Morgan fingerprint density at radius 1 is 1.47 bits per heavy atom. The largest absolute Gasteiger partial charge is 0.356 e. The third-order valence-corrected chi connectivity index (χ3v) is 3.41. The zero-order chi connectivity index (χ0) is 13.8. The maximum Gasteiger partial charge on any atom is 0.244 e. The van der Waals surface area contributed by atoms with Crippen molar-refractivity contribution in [3.63, 3.8) is 0 Å². The first-order valence-corrected chi connectivity index (χ1v) is 6.82. The SMILES string of the molecule is CC(Nc1ncc(Cl)cc1F)C(=O)N1CCCCC1. The highest BCUT2D eigenvalue weighted by atomic mass is 35.5. The van der Waals surface area contributed by atoms with Gasteiger partial charge in [0.05, 0.1) is 5.02 Å². The number of hydrogen-bond acceptors (Lipinski definition) is 3. The van der Waals surface area contributed by atoms with Gasteiger partial charge in [-0.15, -0.1) is 0 Å². The number of amides is 1. The summed E-state index contributed by atoms with van der Waals surface area (Å²) in [6.45, 7) is 3.27. The molecule has 1 unspecified atom stereocenters. The predicted molar refractivity (Wildman–Crippen MR) is 72.7 cm³/mol. The van der Waals surface area contributed by atoms with Crippen molar-refractivity contribution in [1.29, 1.82) is 0 Å². The number of anilines is 1. The molecule has 0 saturated carbocycles. The van der Waals surface area contributed by atoms with Crippen LogP contribution < -0.4 is 5.32 Å². The van der Waals surface area contributed by atoms with Crippen molar-refractivity contribution >= 4 is 23.3 Å². The molecule has 1 aliphatic heterocycles. The number of likely N-dealkylation sites (tertiary alicyclic amines) is 1. The van der Waals surface area contributed by atoms with Crippen LogP contribution in [0.15, 0.2) is 12.3 Å². The van der Waals surface area contributed by atoms with Crippen molar-refractivity contribution in [2.75, 3.05) is 18.4 Å². The molecule has 1 aromatic heterocycles. The van der Waals surface area contributed by atoms with Gasteiger partial charge in [0.2, 0.25) is 5.91 Å². The fourth-order valence-electron chi connectivity index (χ4n) is 2.18. The van der Waals surface area contributed by atoms with Gasteiger partial charge in [0, 0.05) is 19.3 Å². The Morgan fingerprint density at radius 3 is 2.79 bits per heavy atom. The molecule has 0 spiro atoms. The first-order valence-electron chi connectivity index (χ1n) is 6.44. The molecule has 0 aromatic carbocycles. The van der Waals surface area contributed by atoms with Gasteiger partial charge in [0.25, 0.3) is 0 Å². The summed E-state index contributed by atoms with van der Waals surface area (Å²) in [6, 6.07) is 0.677. The average Bonchev–Trinajstić information content (AvgIpc) is 2.42. The van der Waals surface area contributed by atoms with Crippen LogP contribution in [0.25, 0.3) is 0 Å². The summed E-state index contributed by atoms with van der Waals surface area (Å²) in [4.78, 5) is 17.8. The second kappa shape index (κ2) is 6.19. The van der Waals surface area contributed by atoms with E-state index in [1.54, 1.807) is 6.92 Å². The third kappa shape index (κ3) is 3.56. The standard InChI is InChI=1S/C13H17ClFN3O/c1-9(13(19)18-5-3-2-4-6-18)17-12-11(15)7-10(14)8-16-12/h7-9H,2-6H2,1H3,(H,16,17). The van der Waals surface area contributed by atoms with E-state index in [1.165, 1.54) is 18.7 Å². The van der Waals surface area contributed by atoms with Crippen LogP contribution in [-0.2, 0) is 4.79 Å². The van der Waals surface area contributed by atoms with Crippen molar-refractivity contribution in [3.05, 3.63) is 23.1 Å². The molecular formula is C13H17ClFN3O. The molecule has 0 aliphatic carbocycles. The maximum absolute atomic E-state index is 13.6. The Hall–Kier alpha value is -1.36. The van der Waals surface area contributed by atoms with E-state index >= 15 is 0 Å². The van der Waals surface area contributed by atoms with Gasteiger partial charge in [0.15, 0.2) is 11.6 Å². The number of aromatic nitrogens is 1. The number of rotatable bonds is 3. The highest BCUT2D eigenvalue weighted by molar-refractivity contribution is 6.30. The number of halogens is 2. The molecule has 1 atom stereocenters. The van der Waals surface area contributed by atoms with Crippen molar-refractivity contribution < 1.29 is 9.18 Å². The van der Waals surface area contributed by atoms with Gasteiger partial charge in [-0.05, 0) is 32.3 Å². The van der Waals surface area contributed by atoms with E-state index in [0.29, 0.717) is 0 Å². The lowest BCUT2D eigenvalue weighted by atomic mass is 10.1. The number of nitrogens with zero attached hydrogens (tertiary/aromatic N) is 2. The lowest BCUT2D eigenvalue weighted by Gasteiger charge is -2.29. The zero-order valence-corrected chi connectivity index (χ0v) is 11.6. The fourth-order valence-corrected chi connectivity index (χ4v) is 2.32. The summed E-state index contributed by atoms with van der Waals surface area (Å²) < 4.78 is 13.6. The molecule has 1 aromatic rings. The highest BCUT2D eigenvalue weighted by Gasteiger charge is 2.23. The minimum atomic E-state index is -0.550. The van der Waals surface area contributed by atoms with Crippen LogP contribution in [-0.4, -0.2) is 34.9 Å². The minimum Gasteiger partial charge on any atom is -0.356 e. The molecule has 4 nitrogen and oxygen atoms in total. The van der Waals surface area contributed by atoms with Crippen molar-refractivity contribution in [2.45, 2.75) is 32.2 Å². The molecule has 6 heteroatoms. The number of nitrogens with one attached hydrogen (secondary N) is 1. The number of carbonyl (C=O) groups is 1. The van der Waals surface area contributed by atoms with Gasteiger partial charge in [-0.1, -0.05) is 11.6 Å². The van der Waals surface area contributed by atoms with Gasteiger partial charge in [0.1, 0.15) is 6.04 Å². The van der Waals surface area contributed by atoms with Gasteiger partial charge in [-0.2, -0.15) is 0 Å². The molecule has 1 aliphatic rings. The molecular weight excluding hydrogens is 269 g/mol. The topological polar surface area (TPSA) is 45.2 Å². The smallest absolute Gasteiger partial charge is 0.244 e. The van der Waals surface area contributed by atoms with Crippen molar-refractivity contribution in [1.82, 2.24) is 9.88 Å². The molecule has 0 bridgehead atoms. The molecule has 0 radical (unpaired) electrons. The molecule has 104 valence electrons. The van der Waals surface area contributed by atoms with Gasteiger partial charge in [-0.3, -0.25) is 4.79 Å². The van der Waals surface area contributed by atoms with Crippen LogP contribution in [0.5, 0.6) is 0 Å². The Morgan fingerprint density at radius 2 is 2.16 bits per heavy atom. The fraction of sp³-hybridized carbons (Fsp3) is 0.538. The molecule has 1 saturated heterocycles. The van der Waals surface area contributed by atoms with Crippen LogP contribution in [0.1, 0.15) is 26.2 Å². The molecule has 2 rings (SSSR count). The number of pyridine rings is 1. The Kier molecular flexibility index (Phi) is 4.58. The lowest BCUT2D eigenvalue weighted by Crippen LogP contribution is -2.44. The van der Waals surface area contributed by atoms with E-state index in [9.17, 15) is 9.18 Å². The van der Waals surface area contributed by atoms with Crippen LogP contribution >= 0.6 is 11.6 Å². The molecule has 1 amide bonds. The summed E-state index contributed by atoms with van der Waals surface area (Å²) >= 11 is 5.63. The zero-order valence-electron chi connectivity index (χ0n) is 10.8. The summed E-state index contributed by atoms with van der Waals surface area (Å²) in [5.74, 6) is -0.510. The van der Waals surface area contributed by atoms with Crippen LogP contribution in [0.4, 0.5) is 10.2 Å². The summed E-state index contributed by atoms with van der Waals surface area (Å²) in [5, 5.41) is 3.03.